The van der Waals surface area contributed by atoms with Crippen LogP contribution in [0.3, 0.4) is 0 Å². The standard InChI is InChI=1S/C17H23BrN4O2S/c1-9-20-13-14(12(19)7-11(18)15(13)25-9)22-6-5-10(8-22)21-16(23)24-17(2,3)4/h7,10H,5-6,8,19H2,1-4H3,(H,21,23). The highest BCUT2D eigenvalue weighted by molar-refractivity contribution is 9.10. The van der Waals surface area contributed by atoms with Crippen LogP contribution in [-0.4, -0.2) is 35.8 Å². The van der Waals surface area contributed by atoms with Crippen molar-refractivity contribution < 1.29 is 9.53 Å². The van der Waals surface area contributed by atoms with E-state index in [1.807, 2.05) is 33.8 Å². The van der Waals surface area contributed by atoms with E-state index in [2.05, 4.69) is 31.1 Å². The highest BCUT2D eigenvalue weighted by Crippen LogP contribution is 2.41. The zero-order valence-electron chi connectivity index (χ0n) is 14.9. The van der Waals surface area contributed by atoms with Gasteiger partial charge >= 0.3 is 6.09 Å². The highest BCUT2D eigenvalue weighted by Gasteiger charge is 2.29. The number of ether oxygens (including phenoxy) is 1. The van der Waals surface area contributed by atoms with Gasteiger partial charge in [-0.3, -0.25) is 0 Å². The van der Waals surface area contributed by atoms with Crippen LogP contribution in [0.15, 0.2) is 10.5 Å². The summed E-state index contributed by atoms with van der Waals surface area (Å²) in [5.74, 6) is 0. The van der Waals surface area contributed by atoms with E-state index >= 15 is 0 Å². The summed E-state index contributed by atoms with van der Waals surface area (Å²) in [5.41, 5.74) is 8.37. The van der Waals surface area contributed by atoms with Crippen molar-refractivity contribution in [1.82, 2.24) is 10.3 Å². The van der Waals surface area contributed by atoms with Gasteiger partial charge in [0.15, 0.2) is 0 Å². The van der Waals surface area contributed by atoms with Crippen molar-refractivity contribution in [1.29, 1.82) is 0 Å². The first-order valence-electron chi connectivity index (χ1n) is 8.23. The van der Waals surface area contributed by atoms with E-state index in [-0.39, 0.29) is 12.1 Å². The average molecular weight is 427 g/mol. The van der Waals surface area contributed by atoms with E-state index in [0.717, 1.165) is 38.3 Å². The molecular formula is C17H23BrN4O2S. The lowest BCUT2D eigenvalue weighted by atomic mass is 10.2. The van der Waals surface area contributed by atoms with Crippen molar-refractivity contribution in [3.8, 4) is 0 Å². The van der Waals surface area contributed by atoms with Gasteiger partial charge < -0.3 is 20.7 Å². The van der Waals surface area contributed by atoms with Crippen LogP contribution >= 0.6 is 27.3 Å². The summed E-state index contributed by atoms with van der Waals surface area (Å²) in [7, 11) is 0. The molecule has 25 heavy (non-hydrogen) atoms. The van der Waals surface area contributed by atoms with Crippen LogP contribution in [0.1, 0.15) is 32.2 Å². The number of aryl methyl sites for hydroxylation is 1. The summed E-state index contributed by atoms with van der Waals surface area (Å²) in [6, 6.07) is 1.97. The summed E-state index contributed by atoms with van der Waals surface area (Å²) in [4.78, 5) is 18.9. The molecule has 1 aliphatic heterocycles. The Hall–Kier alpha value is -1.54. The normalized spacial score (nSPS) is 18.0. The Bertz CT molecular complexity index is 815. The van der Waals surface area contributed by atoms with Crippen molar-refractivity contribution in [3.05, 3.63) is 15.5 Å². The monoisotopic (exact) mass is 426 g/mol. The third-order valence-corrected chi connectivity index (χ3v) is 5.85. The number of amides is 1. The quantitative estimate of drug-likeness (QED) is 0.707. The van der Waals surface area contributed by atoms with E-state index in [1.165, 1.54) is 0 Å². The van der Waals surface area contributed by atoms with Gasteiger partial charge in [0.1, 0.15) is 11.1 Å². The molecule has 0 bridgehead atoms. The summed E-state index contributed by atoms with van der Waals surface area (Å²) < 4.78 is 7.41. The number of nitrogen functional groups attached to an aromatic ring is 1. The highest BCUT2D eigenvalue weighted by atomic mass is 79.9. The molecule has 1 aromatic carbocycles. The number of hydrogen-bond acceptors (Lipinski definition) is 6. The van der Waals surface area contributed by atoms with E-state index in [0.29, 0.717) is 12.2 Å². The number of halogens is 1. The molecule has 0 aliphatic carbocycles. The molecule has 1 aliphatic rings. The average Bonchev–Trinajstić information content (AvgIpc) is 3.03. The number of aromatic nitrogens is 1. The Morgan fingerprint density at radius 3 is 2.92 bits per heavy atom. The number of carbonyl (C=O) groups is 1. The minimum atomic E-state index is -0.497. The van der Waals surface area contributed by atoms with E-state index in [1.54, 1.807) is 11.3 Å². The lowest BCUT2D eigenvalue weighted by molar-refractivity contribution is 0.0509. The predicted octanol–water partition coefficient (Wildman–Crippen LogP) is 4.05. The third kappa shape index (κ3) is 4.00. The van der Waals surface area contributed by atoms with Crippen LogP contribution in [0, 0.1) is 6.92 Å². The minimum Gasteiger partial charge on any atom is -0.444 e. The molecule has 1 aromatic heterocycles. The molecule has 0 radical (unpaired) electrons. The predicted molar refractivity (Wildman–Crippen MR) is 106 cm³/mol. The lowest BCUT2D eigenvalue weighted by Crippen LogP contribution is -2.40. The zero-order chi connectivity index (χ0) is 18.4. The molecule has 6 nitrogen and oxygen atoms in total. The maximum atomic E-state index is 12.0. The fourth-order valence-electron chi connectivity index (χ4n) is 3.04. The maximum Gasteiger partial charge on any atom is 0.407 e. The second kappa shape index (κ2) is 6.64. The van der Waals surface area contributed by atoms with Crippen LogP contribution in [0.5, 0.6) is 0 Å². The molecule has 2 heterocycles. The summed E-state index contributed by atoms with van der Waals surface area (Å²) in [6.45, 7) is 9.08. The zero-order valence-corrected chi connectivity index (χ0v) is 17.3. The Balaban J connectivity index is 1.79. The Morgan fingerprint density at radius 1 is 1.52 bits per heavy atom. The fourth-order valence-corrected chi connectivity index (χ4v) is 4.55. The molecule has 0 spiro atoms. The van der Waals surface area contributed by atoms with Crippen LogP contribution < -0.4 is 16.0 Å². The van der Waals surface area contributed by atoms with Crippen molar-refractivity contribution in [3.63, 3.8) is 0 Å². The minimum absolute atomic E-state index is 0.0349. The van der Waals surface area contributed by atoms with Crippen molar-refractivity contribution in [2.24, 2.45) is 0 Å². The van der Waals surface area contributed by atoms with Crippen molar-refractivity contribution in [2.75, 3.05) is 23.7 Å². The fraction of sp³-hybridized carbons (Fsp3) is 0.529. The number of benzene rings is 1. The molecule has 2 aromatic rings. The largest absolute Gasteiger partial charge is 0.444 e. The first-order valence-corrected chi connectivity index (χ1v) is 9.84. The van der Waals surface area contributed by atoms with Crippen molar-refractivity contribution >= 4 is 55.0 Å². The molecule has 1 amide bonds. The van der Waals surface area contributed by atoms with Crippen LogP contribution in [0.2, 0.25) is 0 Å². The van der Waals surface area contributed by atoms with Gasteiger partial charge in [-0.1, -0.05) is 0 Å². The molecule has 3 N–H and O–H groups in total. The SMILES string of the molecule is Cc1nc2c(N3CCC(NC(=O)OC(C)(C)C)C3)c(N)cc(Br)c2s1. The second-order valence-corrected chi connectivity index (χ2v) is 9.34. The number of carbonyl (C=O) groups excluding carboxylic acids is 1. The Labute approximate surface area is 159 Å². The lowest BCUT2D eigenvalue weighted by Gasteiger charge is -2.23. The van der Waals surface area contributed by atoms with E-state index in [4.69, 9.17) is 10.5 Å². The maximum absolute atomic E-state index is 12.0. The number of hydrogen-bond donors (Lipinski definition) is 2. The van der Waals surface area contributed by atoms with E-state index in [9.17, 15) is 4.79 Å². The smallest absolute Gasteiger partial charge is 0.407 e. The molecule has 3 rings (SSSR count). The van der Waals surface area contributed by atoms with Crippen LogP contribution in [0.25, 0.3) is 10.2 Å². The Morgan fingerprint density at radius 2 is 2.24 bits per heavy atom. The number of rotatable bonds is 2. The number of nitrogens with zero attached hydrogens (tertiary/aromatic N) is 2. The second-order valence-electron chi connectivity index (χ2n) is 7.28. The summed E-state index contributed by atoms with van der Waals surface area (Å²) in [6.07, 6.45) is 0.470. The van der Waals surface area contributed by atoms with Gasteiger partial charge in [-0.15, -0.1) is 11.3 Å². The van der Waals surface area contributed by atoms with Gasteiger partial charge in [0.05, 0.1) is 27.1 Å². The van der Waals surface area contributed by atoms with Gasteiger partial charge in [-0.05, 0) is 56.1 Å². The topological polar surface area (TPSA) is 80.5 Å². The molecule has 8 heteroatoms. The number of nitrogens with two attached hydrogens (primary N) is 1. The molecule has 1 saturated heterocycles. The van der Waals surface area contributed by atoms with E-state index < -0.39 is 5.60 Å². The summed E-state index contributed by atoms with van der Waals surface area (Å²) >= 11 is 5.22. The van der Waals surface area contributed by atoms with Crippen molar-refractivity contribution in [2.45, 2.75) is 45.8 Å². The third-order valence-electron chi connectivity index (χ3n) is 3.96. The molecule has 0 saturated carbocycles. The van der Waals surface area contributed by atoms with Crippen LogP contribution in [-0.2, 0) is 4.74 Å². The number of alkyl carbamates (subject to hydrolysis) is 1. The number of nitrogens with one attached hydrogen (secondary N) is 1. The van der Waals surface area contributed by atoms with Crippen LogP contribution in [0.4, 0.5) is 16.2 Å². The molecule has 1 atom stereocenters. The molecule has 136 valence electrons. The first-order chi connectivity index (χ1) is 11.6. The van der Waals surface area contributed by atoms with Gasteiger partial charge in [-0.2, -0.15) is 0 Å². The molecule has 1 fully saturated rings. The van der Waals surface area contributed by atoms with Gasteiger partial charge in [-0.25, -0.2) is 9.78 Å². The number of fused-ring (bicyclic) bond motifs is 1. The van der Waals surface area contributed by atoms with Gasteiger partial charge in [0.25, 0.3) is 0 Å². The number of anilines is 2. The Kier molecular flexibility index (Phi) is 4.85. The van der Waals surface area contributed by atoms with Gasteiger partial charge in [0.2, 0.25) is 0 Å². The molecule has 1 unspecified atom stereocenters. The first kappa shape index (κ1) is 18.3. The van der Waals surface area contributed by atoms with Gasteiger partial charge in [0, 0.05) is 17.6 Å². The summed E-state index contributed by atoms with van der Waals surface area (Å²) in [5, 5.41) is 3.95. The molecular weight excluding hydrogens is 404 g/mol. The number of thiazole rings is 1.